The Morgan fingerprint density at radius 3 is 2.20 bits per heavy atom. The van der Waals surface area contributed by atoms with Crippen LogP contribution >= 0.6 is 0 Å². The van der Waals surface area contributed by atoms with Gasteiger partial charge in [0.1, 0.15) is 0 Å². The van der Waals surface area contributed by atoms with Crippen LogP contribution in [-0.4, -0.2) is 23.0 Å². The van der Waals surface area contributed by atoms with Crippen LogP contribution in [0.4, 0.5) is 0 Å². The third kappa shape index (κ3) is 3.53. The number of hydrogen-bond donors (Lipinski definition) is 2. The van der Waals surface area contributed by atoms with Gasteiger partial charge in [-0.1, -0.05) is 6.92 Å². The van der Waals surface area contributed by atoms with E-state index in [0.717, 1.165) is 25.7 Å². The topological polar surface area (TPSA) is 66.4 Å². The molecule has 0 heterocycles. The minimum Gasteiger partial charge on any atom is -0.481 e. The van der Waals surface area contributed by atoms with Gasteiger partial charge in [0.15, 0.2) is 0 Å². The monoisotopic (exact) mass is 213 g/mol. The van der Waals surface area contributed by atoms with Crippen molar-refractivity contribution in [2.45, 2.75) is 45.6 Å². The lowest BCUT2D eigenvalue weighted by Crippen LogP contribution is -2.37. The summed E-state index contributed by atoms with van der Waals surface area (Å²) < 4.78 is 0. The van der Waals surface area contributed by atoms with Crippen LogP contribution in [0.2, 0.25) is 0 Å². The number of nitrogens with one attached hydrogen (secondary N) is 1. The van der Waals surface area contributed by atoms with Gasteiger partial charge in [0, 0.05) is 13.0 Å². The summed E-state index contributed by atoms with van der Waals surface area (Å²) in [6, 6.07) is 0.250. The molecule has 0 aliphatic heterocycles. The SMILES string of the molecule is CC(=O)N[C@H]1CC[C@H](C(C)C(=O)O)CC1. The first-order valence-corrected chi connectivity index (χ1v) is 5.50. The van der Waals surface area contributed by atoms with Crippen molar-refractivity contribution < 1.29 is 14.7 Å². The summed E-state index contributed by atoms with van der Waals surface area (Å²) in [4.78, 5) is 21.6. The van der Waals surface area contributed by atoms with E-state index < -0.39 is 5.97 Å². The van der Waals surface area contributed by atoms with Gasteiger partial charge in [0.05, 0.1) is 5.92 Å². The molecule has 1 amide bonds. The first-order valence-electron chi connectivity index (χ1n) is 5.50. The Morgan fingerprint density at radius 2 is 1.80 bits per heavy atom. The fourth-order valence-corrected chi connectivity index (χ4v) is 2.25. The molecule has 1 saturated carbocycles. The maximum absolute atomic E-state index is 10.8. The van der Waals surface area contributed by atoms with Crippen LogP contribution in [0.15, 0.2) is 0 Å². The fraction of sp³-hybridized carbons (Fsp3) is 0.818. The molecular weight excluding hydrogens is 194 g/mol. The molecule has 4 heteroatoms. The first-order chi connectivity index (χ1) is 7.00. The Morgan fingerprint density at radius 1 is 1.27 bits per heavy atom. The molecule has 0 radical (unpaired) electrons. The average Bonchev–Trinajstić information content (AvgIpc) is 2.17. The van der Waals surface area contributed by atoms with Crippen LogP contribution < -0.4 is 5.32 Å². The van der Waals surface area contributed by atoms with Crippen molar-refractivity contribution in [3.8, 4) is 0 Å². The predicted octanol–water partition coefficient (Wildman–Crippen LogP) is 1.40. The average molecular weight is 213 g/mol. The molecule has 15 heavy (non-hydrogen) atoms. The van der Waals surface area contributed by atoms with Gasteiger partial charge in [0.2, 0.25) is 5.91 Å². The van der Waals surface area contributed by atoms with E-state index in [-0.39, 0.29) is 23.8 Å². The van der Waals surface area contributed by atoms with Gasteiger partial charge in [-0.15, -0.1) is 0 Å². The van der Waals surface area contributed by atoms with Crippen molar-refractivity contribution in [1.29, 1.82) is 0 Å². The van der Waals surface area contributed by atoms with Gasteiger partial charge in [-0.25, -0.2) is 0 Å². The van der Waals surface area contributed by atoms with E-state index in [1.54, 1.807) is 6.92 Å². The predicted molar refractivity (Wildman–Crippen MR) is 56.4 cm³/mol. The molecule has 4 nitrogen and oxygen atoms in total. The van der Waals surface area contributed by atoms with Gasteiger partial charge in [-0.2, -0.15) is 0 Å². The molecule has 1 aliphatic carbocycles. The molecule has 0 saturated heterocycles. The Hall–Kier alpha value is -1.06. The molecule has 0 bridgehead atoms. The zero-order chi connectivity index (χ0) is 11.4. The number of aliphatic carboxylic acids is 1. The normalized spacial score (nSPS) is 28.1. The summed E-state index contributed by atoms with van der Waals surface area (Å²) in [5.74, 6) is -0.696. The lowest BCUT2D eigenvalue weighted by molar-refractivity contribution is -0.143. The first kappa shape index (κ1) is 12.0. The molecule has 1 aliphatic rings. The van der Waals surface area contributed by atoms with E-state index in [1.165, 1.54) is 6.92 Å². The number of rotatable bonds is 3. The minimum atomic E-state index is -0.710. The Labute approximate surface area is 90.0 Å². The van der Waals surface area contributed by atoms with E-state index in [2.05, 4.69) is 5.32 Å². The Bertz CT molecular complexity index is 244. The van der Waals surface area contributed by atoms with Crippen molar-refractivity contribution >= 4 is 11.9 Å². The summed E-state index contributed by atoms with van der Waals surface area (Å²) in [5.41, 5.74) is 0. The van der Waals surface area contributed by atoms with Crippen LogP contribution in [0.5, 0.6) is 0 Å². The number of hydrogen-bond acceptors (Lipinski definition) is 2. The van der Waals surface area contributed by atoms with E-state index in [9.17, 15) is 9.59 Å². The molecule has 0 aromatic rings. The molecule has 1 unspecified atom stereocenters. The van der Waals surface area contributed by atoms with Crippen molar-refractivity contribution in [3.63, 3.8) is 0 Å². The van der Waals surface area contributed by atoms with Crippen molar-refractivity contribution in [2.75, 3.05) is 0 Å². The zero-order valence-corrected chi connectivity index (χ0v) is 9.32. The summed E-state index contributed by atoms with van der Waals surface area (Å²) in [6.45, 7) is 3.29. The molecule has 1 fully saturated rings. The molecular formula is C11H19NO3. The Balaban J connectivity index is 2.35. The van der Waals surface area contributed by atoms with Crippen LogP contribution in [-0.2, 0) is 9.59 Å². The van der Waals surface area contributed by atoms with Crippen molar-refractivity contribution in [2.24, 2.45) is 11.8 Å². The lowest BCUT2D eigenvalue weighted by atomic mass is 9.79. The van der Waals surface area contributed by atoms with Crippen molar-refractivity contribution in [1.82, 2.24) is 5.32 Å². The zero-order valence-electron chi connectivity index (χ0n) is 9.32. The maximum Gasteiger partial charge on any atom is 0.306 e. The Kier molecular flexibility index (Phi) is 4.12. The molecule has 1 atom stereocenters. The minimum absolute atomic E-state index is 0.00438. The van der Waals surface area contributed by atoms with Crippen LogP contribution in [0, 0.1) is 11.8 Å². The van der Waals surface area contributed by atoms with Gasteiger partial charge in [-0.3, -0.25) is 9.59 Å². The van der Waals surface area contributed by atoms with Crippen LogP contribution in [0.25, 0.3) is 0 Å². The second kappa shape index (κ2) is 5.14. The smallest absolute Gasteiger partial charge is 0.306 e. The fourth-order valence-electron chi connectivity index (χ4n) is 2.25. The quantitative estimate of drug-likeness (QED) is 0.744. The van der Waals surface area contributed by atoms with E-state index in [1.807, 2.05) is 0 Å². The highest BCUT2D eigenvalue weighted by molar-refractivity contribution is 5.73. The highest BCUT2D eigenvalue weighted by atomic mass is 16.4. The molecule has 0 aromatic heterocycles. The van der Waals surface area contributed by atoms with Crippen molar-refractivity contribution in [3.05, 3.63) is 0 Å². The summed E-state index contributed by atoms with van der Waals surface area (Å²) >= 11 is 0. The number of carbonyl (C=O) groups is 2. The van der Waals surface area contributed by atoms with Gasteiger partial charge in [0.25, 0.3) is 0 Å². The third-order valence-corrected chi connectivity index (χ3v) is 3.28. The maximum atomic E-state index is 10.8. The summed E-state index contributed by atoms with van der Waals surface area (Å²) in [7, 11) is 0. The number of carboxylic acids is 1. The van der Waals surface area contributed by atoms with E-state index in [4.69, 9.17) is 5.11 Å². The molecule has 86 valence electrons. The van der Waals surface area contributed by atoms with E-state index >= 15 is 0 Å². The molecule has 1 rings (SSSR count). The highest BCUT2D eigenvalue weighted by Gasteiger charge is 2.28. The highest BCUT2D eigenvalue weighted by Crippen LogP contribution is 2.30. The standard InChI is InChI=1S/C11H19NO3/c1-7(11(14)15)9-3-5-10(6-4-9)12-8(2)13/h7,9-10H,3-6H2,1-2H3,(H,12,13)(H,14,15)/t7?,9-,10-. The van der Waals surface area contributed by atoms with Crippen LogP contribution in [0.1, 0.15) is 39.5 Å². The number of amides is 1. The molecule has 2 N–H and O–H groups in total. The summed E-state index contributed by atoms with van der Waals surface area (Å²) in [6.07, 6.45) is 3.61. The third-order valence-electron chi connectivity index (χ3n) is 3.28. The number of carboxylic acid groups (broad SMARTS) is 1. The summed E-state index contributed by atoms with van der Waals surface area (Å²) in [5, 5.41) is 11.8. The van der Waals surface area contributed by atoms with Gasteiger partial charge in [-0.05, 0) is 31.6 Å². The van der Waals surface area contributed by atoms with Gasteiger partial charge < -0.3 is 10.4 Å². The second-order valence-electron chi connectivity index (χ2n) is 4.44. The number of carbonyl (C=O) groups excluding carboxylic acids is 1. The molecule has 0 aromatic carbocycles. The van der Waals surface area contributed by atoms with E-state index in [0.29, 0.717) is 0 Å². The van der Waals surface area contributed by atoms with Crippen LogP contribution in [0.3, 0.4) is 0 Å². The lowest BCUT2D eigenvalue weighted by Gasteiger charge is -2.30. The van der Waals surface area contributed by atoms with Gasteiger partial charge >= 0.3 is 5.97 Å². The largest absolute Gasteiger partial charge is 0.481 e. The molecule has 0 spiro atoms. The second-order valence-corrected chi connectivity index (χ2v) is 4.44.